The van der Waals surface area contributed by atoms with Gasteiger partial charge in [-0.3, -0.25) is 4.79 Å². The molecule has 0 aromatic carbocycles. The lowest BCUT2D eigenvalue weighted by atomic mass is 9.92. The number of hydrogen-bond acceptors (Lipinski definition) is 2. The predicted molar refractivity (Wildman–Crippen MR) is 56.7 cm³/mol. The minimum absolute atomic E-state index is 0.0646. The van der Waals surface area contributed by atoms with Gasteiger partial charge in [0.15, 0.2) is 0 Å². The van der Waals surface area contributed by atoms with Crippen molar-refractivity contribution >= 4 is 5.97 Å². The minimum atomic E-state index is -4.08. The fourth-order valence-corrected chi connectivity index (χ4v) is 2.11. The molecule has 0 spiro atoms. The van der Waals surface area contributed by atoms with Gasteiger partial charge in [0.05, 0.1) is 6.42 Å². The molecule has 0 saturated carbocycles. The van der Waals surface area contributed by atoms with Crippen molar-refractivity contribution in [2.75, 3.05) is 19.6 Å². The van der Waals surface area contributed by atoms with Crippen LogP contribution in [-0.2, 0) is 4.79 Å². The van der Waals surface area contributed by atoms with E-state index in [9.17, 15) is 18.0 Å². The molecule has 0 amide bonds. The van der Waals surface area contributed by atoms with Gasteiger partial charge in [0.25, 0.3) is 0 Å². The number of hydrogen-bond donors (Lipinski definition) is 1. The monoisotopic (exact) mass is 253 g/mol. The molecular formula is C11H18F3NO2. The molecule has 0 bridgehead atoms. The third kappa shape index (κ3) is 6.51. The molecule has 1 N–H and O–H groups in total. The molecule has 0 aromatic rings. The summed E-state index contributed by atoms with van der Waals surface area (Å²) < 4.78 is 36.0. The molecule has 6 heteroatoms. The molecule has 0 radical (unpaired) electrons. The number of carboxylic acids is 1. The maximum absolute atomic E-state index is 12.0. The zero-order valence-corrected chi connectivity index (χ0v) is 9.67. The van der Waals surface area contributed by atoms with Crippen LogP contribution in [0.5, 0.6) is 0 Å². The molecule has 0 unspecified atom stereocenters. The lowest BCUT2D eigenvalue weighted by Gasteiger charge is -2.31. The van der Waals surface area contributed by atoms with Gasteiger partial charge < -0.3 is 10.0 Å². The van der Waals surface area contributed by atoms with Gasteiger partial charge in [-0.1, -0.05) is 0 Å². The first-order valence-corrected chi connectivity index (χ1v) is 5.88. The summed E-state index contributed by atoms with van der Waals surface area (Å²) in [6.07, 6.45) is -2.42. The van der Waals surface area contributed by atoms with Crippen molar-refractivity contribution in [3.05, 3.63) is 0 Å². The van der Waals surface area contributed by atoms with Gasteiger partial charge in [0.1, 0.15) is 0 Å². The van der Waals surface area contributed by atoms with Gasteiger partial charge in [-0.25, -0.2) is 0 Å². The number of likely N-dealkylation sites (tertiary alicyclic amines) is 1. The van der Waals surface area contributed by atoms with Crippen LogP contribution in [0.3, 0.4) is 0 Å². The molecule has 17 heavy (non-hydrogen) atoms. The quantitative estimate of drug-likeness (QED) is 0.818. The van der Waals surface area contributed by atoms with E-state index in [2.05, 4.69) is 0 Å². The van der Waals surface area contributed by atoms with E-state index < -0.39 is 18.6 Å². The summed E-state index contributed by atoms with van der Waals surface area (Å²) in [5.74, 6) is -0.447. The molecule has 1 rings (SSSR count). The van der Waals surface area contributed by atoms with Gasteiger partial charge in [-0.05, 0) is 38.3 Å². The predicted octanol–water partition coefficient (Wildman–Crippen LogP) is 2.52. The molecule has 100 valence electrons. The van der Waals surface area contributed by atoms with Crippen LogP contribution < -0.4 is 0 Å². The molecule has 0 atom stereocenters. The summed E-state index contributed by atoms with van der Waals surface area (Å²) in [6.45, 7) is 1.37. The Morgan fingerprint density at radius 3 is 2.35 bits per heavy atom. The number of nitrogens with zero attached hydrogens (tertiary/aromatic N) is 1. The summed E-state index contributed by atoms with van der Waals surface area (Å²) in [5.41, 5.74) is 0. The maximum atomic E-state index is 12.0. The van der Waals surface area contributed by atoms with Crippen molar-refractivity contribution < 1.29 is 23.1 Å². The number of carboxylic acid groups (broad SMARTS) is 1. The normalized spacial score (nSPS) is 19.5. The SMILES string of the molecule is O=C(O)CCC1CCN(CCC(F)(F)F)CC1. The van der Waals surface area contributed by atoms with Crippen LogP contribution in [0.2, 0.25) is 0 Å². The number of aliphatic carboxylic acids is 1. The van der Waals surface area contributed by atoms with E-state index in [4.69, 9.17) is 5.11 Å². The highest BCUT2D eigenvalue weighted by atomic mass is 19.4. The summed E-state index contributed by atoms with van der Waals surface area (Å²) in [5, 5.41) is 8.53. The van der Waals surface area contributed by atoms with E-state index in [1.165, 1.54) is 0 Å². The Hall–Kier alpha value is -0.780. The second-order valence-corrected chi connectivity index (χ2v) is 4.58. The fourth-order valence-electron chi connectivity index (χ4n) is 2.11. The summed E-state index contributed by atoms with van der Waals surface area (Å²) in [6, 6.07) is 0. The number of piperidine rings is 1. The lowest BCUT2D eigenvalue weighted by Crippen LogP contribution is -2.36. The van der Waals surface area contributed by atoms with Crippen LogP contribution in [0, 0.1) is 5.92 Å². The Kier molecular flexibility index (Phi) is 5.24. The number of carbonyl (C=O) groups is 1. The van der Waals surface area contributed by atoms with Crippen LogP contribution in [0.25, 0.3) is 0 Å². The molecule has 1 aliphatic rings. The van der Waals surface area contributed by atoms with Gasteiger partial charge in [0.2, 0.25) is 0 Å². The molecule has 1 saturated heterocycles. The van der Waals surface area contributed by atoms with Gasteiger partial charge in [0, 0.05) is 13.0 Å². The minimum Gasteiger partial charge on any atom is -0.481 e. The first-order valence-electron chi connectivity index (χ1n) is 5.88. The van der Waals surface area contributed by atoms with Gasteiger partial charge in [-0.15, -0.1) is 0 Å². The molecule has 3 nitrogen and oxygen atoms in total. The molecule has 1 aliphatic heterocycles. The summed E-state index contributed by atoms with van der Waals surface area (Å²) >= 11 is 0. The van der Waals surface area contributed by atoms with E-state index in [1.807, 2.05) is 4.90 Å². The summed E-state index contributed by atoms with van der Waals surface area (Å²) in [4.78, 5) is 12.2. The van der Waals surface area contributed by atoms with E-state index in [1.54, 1.807) is 0 Å². The Balaban J connectivity index is 2.15. The van der Waals surface area contributed by atoms with Crippen molar-refractivity contribution in [3.8, 4) is 0 Å². The molecule has 0 aliphatic carbocycles. The van der Waals surface area contributed by atoms with Gasteiger partial charge >= 0.3 is 12.1 Å². The highest BCUT2D eigenvalue weighted by Gasteiger charge is 2.29. The number of alkyl halides is 3. The Bertz CT molecular complexity index is 248. The van der Waals surface area contributed by atoms with E-state index >= 15 is 0 Å². The summed E-state index contributed by atoms with van der Waals surface area (Å²) in [7, 11) is 0. The van der Waals surface area contributed by atoms with E-state index in [-0.39, 0.29) is 13.0 Å². The molecule has 1 heterocycles. The molecule has 0 aromatic heterocycles. The highest BCUT2D eigenvalue weighted by molar-refractivity contribution is 5.66. The number of halogens is 3. The zero-order valence-electron chi connectivity index (χ0n) is 9.67. The second kappa shape index (κ2) is 6.23. The maximum Gasteiger partial charge on any atom is 0.390 e. The average molecular weight is 253 g/mol. The fraction of sp³-hybridized carbons (Fsp3) is 0.909. The topological polar surface area (TPSA) is 40.5 Å². The average Bonchev–Trinajstić information content (AvgIpc) is 2.24. The van der Waals surface area contributed by atoms with Crippen LogP contribution in [-0.4, -0.2) is 41.8 Å². The van der Waals surface area contributed by atoms with Crippen LogP contribution in [0.1, 0.15) is 32.1 Å². The van der Waals surface area contributed by atoms with Crippen molar-refractivity contribution in [2.24, 2.45) is 5.92 Å². The Morgan fingerprint density at radius 2 is 1.88 bits per heavy atom. The third-order valence-corrected chi connectivity index (χ3v) is 3.19. The first kappa shape index (κ1) is 14.3. The standard InChI is InChI=1S/C11H18F3NO2/c12-11(13,14)5-8-15-6-3-9(4-7-15)1-2-10(16)17/h9H,1-8H2,(H,16,17). The van der Waals surface area contributed by atoms with Gasteiger partial charge in [-0.2, -0.15) is 13.2 Å². The van der Waals surface area contributed by atoms with Crippen molar-refractivity contribution in [2.45, 2.75) is 38.3 Å². The molecular weight excluding hydrogens is 235 g/mol. The van der Waals surface area contributed by atoms with Crippen molar-refractivity contribution in [1.82, 2.24) is 4.90 Å². The number of rotatable bonds is 5. The Labute approximate surface area is 98.6 Å². The van der Waals surface area contributed by atoms with Crippen molar-refractivity contribution in [1.29, 1.82) is 0 Å². The van der Waals surface area contributed by atoms with Crippen LogP contribution in [0.4, 0.5) is 13.2 Å². The van der Waals surface area contributed by atoms with Crippen LogP contribution in [0.15, 0.2) is 0 Å². The van der Waals surface area contributed by atoms with Crippen molar-refractivity contribution in [3.63, 3.8) is 0 Å². The van der Waals surface area contributed by atoms with E-state index in [0.29, 0.717) is 25.4 Å². The van der Waals surface area contributed by atoms with E-state index in [0.717, 1.165) is 12.8 Å². The van der Waals surface area contributed by atoms with Crippen LogP contribution >= 0.6 is 0 Å². The second-order valence-electron chi connectivity index (χ2n) is 4.58. The first-order chi connectivity index (χ1) is 7.87. The largest absolute Gasteiger partial charge is 0.481 e. The lowest BCUT2D eigenvalue weighted by molar-refractivity contribution is -0.139. The molecule has 1 fully saturated rings. The highest BCUT2D eigenvalue weighted by Crippen LogP contribution is 2.24. The third-order valence-electron chi connectivity index (χ3n) is 3.19. The zero-order chi connectivity index (χ0) is 12.9. The smallest absolute Gasteiger partial charge is 0.390 e. The Morgan fingerprint density at radius 1 is 1.29 bits per heavy atom.